The summed E-state index contributed by atoms with van der Waals surface area (Å²) in [5.41, 5.74) is -3.34. The minimum absolute atomic E-state index is 0.160. The highest BCUT2D eigenvalue weighted by Gasteiger charge is 2.35. The monoisotopic (exact) mass is 540 g/mol. The summed E-state index contributed by atoms with van der Waals surface area (Å²) in [6, 6.07) is 4.74. The SMILES string of the molecule is CCOc1cc(C(CS(C)(=O)=O)n2c(=O)n(CC(F)(F)F)c3cc(C(F)(F)F)ccc32)ccc1OC. The Morgan fingerprint density at radius 2 is 1.64 bits per heavy atom. The van der Waals surface area contributed by atoms with Gasteiger partial charge in [-0.15, -0.1) is 0 Å². The quantitative estimate of drug-likeness (QED) is 0.395. The van der Waals surface area contributed by atoms with E-state index in [4.69, 9.17) is 9.47 Å². The first-order valence-corrected chi connectivity index (χ1v) is 12.5. The summed E-state index contributed by atoms with van der Waals surface area (Å²) in [4.78, 5) is 13.3. The van der Waals surface area contributed by atoms with Crippen molar-refractivity contribution in [3.8, 4) is 11.5 Å². The highest BCUT2D eigenvalue weighted by molar-refractivity contribution is 7.90. The molecule has 1 aromatic heterocycles. The Kier molecular flexibility index (Phi) is 7.40. The molecule has 198 valence electrons. The number of nitrogens with zero attached hydrogens (tertiary/aromatic N) is 2. The van der Waals surface area contributed by atoms with Crippen LogP contribution in [0.3, 0.4) is 0 Å². The predicted molar refractivity (Wildman–Crippen MR) is 119 cm³/mol. The van der Waals surface area contributed by atoms with Gasteiger partial charge >= 0.3 is 18.0 Å². The lowest BCUT2D eigenvalue weighted by Gasteiger charge is -2.20. The molecule has 1 atom stereocenters. The lowest BCUT2D eigenvalue weighted by Crippen LogP contribution is -2.34. The number of hydrogen-bond acceptors (Lipinski definition) is 5. The van der Waals surface area contributed by atoms with E-state index in [9.17, 15) is 39.6 Å². The summed E-state index contributed by atoms with van der Waals surface area (Å²) in [5, 5.41) is 0. The first kappa shape index (κ1) is 27.4. The lowest BCUT2D eigenvalue weighted by molar-refractivity contribution is -0.140. The third kappa shape index (κ3) is 5.97. The fraction of sp³-hybridized carbons (Fsp3) is 0.409. The molecule has 3 aromatic rings. The number of benzene rings is 2. The van der Waals surface area contributed by atoms with Crippen LogP contribution < -0.4 is 15.2 Å². The van der Waals surface area contributed by atoms with Crippen molar-refractivity contribution in [3.63, 3.8) is 0 Å². The van der Waals surface area contributed by atoms with E-state index in [2.05, 4.69) is 0 Å². The van der Waals surface area contributed by atoms with Crippen molar-refractivity contribution in [3.05, 3.63) is 58.0 Å². The summed E-state index contributed by atoms with van der Waals surface area (Å²) in [6.07, 6.45) is -8.95. The van der Waals surface area contributed by atoms with Crippen molar-refractivity contribution >= 4 is 20.9 Å². The molecule has 0 fully saturated rings. The van der Waals surface area contributed by atoms with E-state index >= 15 is 0 Å². The molecule has 3 rings (SSSR count). The summed E-state index contributed by atoms with van der Waals surface area (Å²) in [7, 11) is -2.49. The average Bonchev–Trinajstić information content (AvgIpc) is 3.00. The molecule has 14 heteroatoms. The lowest BCUT2D eigenvalue weighted by atomic mass is 10.1. The van der Waals surface area contributed by atoms with Gasteiger partial charge in [-0.2, -0.15) is 26.3 Å². The second-order valence-corrected chi connectivity index (χ2v) is 10.2. The predicted octanol–water partition coefficient (Wildman–Crippen LogP) is 4.43. The molecular weight excluding hydrogens is 518 g/mol. The Morgan fingerprint density at radius 1 is 0.972 bits per heavy atom. The molecule has 36 heavy (non-hydrogen) atoms. The number of methoxy groups -OCH3 is 1. The maximum Gasteiger partial charge on any atom is 0.416 e. The van der Waals surface area contributed by atoms with Gasteiger partial charge in [-0.05, 0) is 42.8 Å². The topological polar surface area (TPSA) is 79.5 Å². The van der Waals surface area contributed by atoms with E-state index in [-0.39, 0.29) is 33.8 Å². The number of rotatable bonds is 8. The van der Waals surface area contributed by atoms with Gasteiger partial charge in [0.05, 0.1) is 42.1 Å². The molecular formula is C22H22F6N2O5S. The van der Waals surface area contributed by atoms with Gasteiger partial charge in [0.25, 0.3) is 0 Å². The number of fused-ring (bicyclic) bond motifs is 1. The third-order valence-corrected chi connectivity index (χ3v) is 6.19. The molecule has 2 aromatic carbocycles. The number of aromatic nitrogens is 2. The van der Waals surface area contributed by atoms with Crippen molar-refractivity contribution < 1.29 is 44.2 Å². The number of imidazole rings is 1. The maximum absolute atomic E-state index is 13.3. The number of ether oxygens (including phenoxy) is 2. The van der Waals surface area contributed by atoms with Gasteiger partial charge in [0.15, 0.2) is 11.5 Å². The van der Waals surface area contributed by atoms with Gasteiger partial charge < -0.3 is 9.47 Å². The molecule has 0 bridgehead atoms. The van der Waals surface area contributed by atoms with Crippen LogP contribution in [0.25, 0.3) is 11.0 Å². The highest BCUT2D eigenvalue weighted by Crippen LogP contribution is 2.35. The van der Waals surface area contributed by atoms with E-state index < -0.39 is 57.3 Å². The van der Waals surface area contributed by atoms with Crippen LogP contribution in [-0.4, -0.2) is 49.5 Å². The van der Waals surface area contributed by atoms with Crippen LogP contribution in [0.5, 0.6) is 11.5 Å². The molecule has 1 heterocycles. The van der Waals surface area contributed by atoms with Crippen molar-refractivity contribution in [1.29, 1.82) is 0 Å². The Labute approximate surface area is 201 Å². The Balaban J connectivity index is 2.38. The van der Waals surface area contributed by atoms with Gasteiger partial charge in [-0.3, -0.25) is 9.13 Å². The van der Waals surface area contributed by atoms with E-state index in [0.29, 0.717) is 12.1 Å². The Morgan fingerprint density at radius 3 is 2.17 bits per heavy atom. The first-order valence-electron chi connectivity index (χ1n) is 10.4. The third-order valence-electron chi connectivity index (χ3n) is 5.27. The minimum atomic E-state index is -4.94. The molecule has 0 saturated carbocycles. The van der Waals surface area contributed by atoms with Crippen LogP contribution in [-0.2, 0) is 22.6 Å². The van der Waals surface area contributed by atoms with Crippen LogP contribution in [0, 0.1) is 0 Å². The second-order valence-electron chi connectivity index (χ2n) is 8.01. The second kappa shape index (κ2) is 9.71. The molecule has 0 N–H and O–H groups in total. The van der Waals surface area contributed by atoms with Crippen LogP contribution in [0.4, 0.5) is 26.3 Å². The van der Waals surface area contributed by atoms with Crippen molar-refractivity contribution in [2.45, 2.75) is 31.9 Å². The average molecular weight is 540 g/mol. The number of sulfone groups is 1. The van der Waals surface area contributed by atoms with Crippen molar-refractivity contribution in [2.75, 3.05) is 25.7 Å². The zero-order valence-electron chi connectivity index (χ0n) is 19.3. The highest BCUT2D eigenvalue weighted by atomic mass is 32.2. The summed E-state index contributed by atoms with van der Waals surface area (Å²) >= 11 is 0. The maximum atomic E-state index is 13.3. The summed E-state index contributed by atoms with van der Waals surface area (Å²) in [5.74, 6) is -0.264. The van der Waals surface area contributed by atoms with Crippen molar-refractivity contribution in [1.82, 2.24) is 9.13 Å². The van der Waals surface area contributed by atoms with Gasteiger partial charge in [-0.25, -0.2) is 13.2 Å². The minimum Gasteiger partial charge on any atom is -0.493 e. The molecule has 0 spiro atoms. The molecule has 0 aliphatic heterocycles. The Bertz CT molecular complexity index is 1420. The smallest absolute Gasteiger partial charge is 0.416 e. The summed E-state index contributed by atoms with van der Waals surface area (Å²) in [6.45, 7) is 0.00422. The summed E-state index contributed by atoms with van der Waals surface area (Å²) < 4.78 is 116. The van der Waals surface area contributed by atoms with Crippen LogP contribution in [0.15, 0.2) is 41.2 Å². The largest absolute Gasteiger partial charge is 0.493 e. The molecule has 0 aliphatic carbocycles. The normalized spacial score (nSPS) is 13.7. The van der Waals surface area contributed by atoms with E-state index in [0.717, 1.165) is 16.9 Å². The van der Waals surface area contributed by atoms with Gasteiger partial charge in [0, 0.05) is 6.26 Å². The molecule has 0 aliphatic rings. The van der Waals surface area contributed by atoms with E-state index in [1.165, 1.54) is 25.3 Å². The fourth-order valence-electron chi connectivity index (χ4n) is 3.86. The van der Waals surface area contributed by atoms with Gasteiger partial charge in [0.1, 0.15) is 16.4 Å². The van der Waals surface area contributed by atoms with E-state index in [1.807, 2.05) is 0 Å². The van der Waals surface area contributed by atoms with Gasteiger partial charge in [-0.1, -0.05) is 6.07 Å². The molecule has 0 saturated heterocycles. The van der Waals surface area contributed by atoms with Crippen LogP contribution >= 0.6 is 0 Å². The van der Waals surface area contributed by atoms with Crippen LogP contribution in [0.2, 0.25) is 0 Å². The zero-order chi connectivity index (χ0) is 27.1. The standard InChI is InChI=1S/C22H22F6N2O5S/c1-4-35-19-9-13(5-8-18(19)34-2)17(11-36(3,32)33)30-15-7-6-14(22(26,27)28)10-16(15)29(20(30)31)12-21(23,24)25/h5-10,17H,4,11-12H2,1-3H3. The number of halogens is 6. The molecule has 1 unspecified atom stereocenters. The fourth-order valence-corrected chi connectivity index (χ4v) is 4.78. The van der Waals surface area contributed by atoms with Crippen LogP contribution in [0.1, 0.15) is 24.1 Å². The number of hydrogen-bond donors (Lipinski definition) is 0. The Hall–Kier alpha value is -3.16. The molecule has 7 nitrogen and oxygen atoms in total. The first-order chi connectivity index (χ1) is 16.6. The molecule has 0 radical (unpaired) electrons. The molecule has 0 amide bonds. The van der Waals surface area contributed by atoms with Crippen molar-refractivity contribution in [2.24, 2.45) is 0 Å². The number of alkyl halides is 6. The zero-order valence-corrected chi connectivity index (χ0v) is 20.1. The van der Waals surface area contributed by atoms with Gasteiger partial charge in [0.2, 0.25) is 0 Å². The van der Waals surface area contributed by atoms with E-state index in [1.54, 1.807) is 6.92 Å².